The number of carbonyl (C=O) groups excluding carboxylic acids is 4. The molecule has 0 aromatic carbocycles. The number of fused-ring (bicyclic) bond motifs is 2. The number of hydrogen-bond acceptors (Lipinski definition) is 12. The third-order valence-corrected chi connectivity index (χ3v) is 13.2. The number of Topliss-reactive ketones (excluding diaryl/α,β-unsaturated/α-hetero) is 3. The van der Waals surface area contributed by atoms with E-state index >= 15 is 0 Å². The van der Waals surface area contributed by atoms with Crippen molar-refractivity contribution in [2.75, 3.05) is 0 Å². The second-order valence-electron chi connectivity index (χ2n) is 17.9. The lowest BCUT2D eigenvalue weighted by Gasteiger charge is -2.54. The molecule has 1 spiro atoms. The molecule has 3 rings (SSSR count). The highest BCUT2D eigenvalue weighted by molar-refractivity contribution is 5.91. The molecule has 0 aromatic rings. The summed E-state index contributed by atoms with van der Waals surface area (Å²) in [5.74, 6) is -9.55. The SMILES string of the molecule is CCC1/C=C\C=C/CC(C)C(O)C(C)(O)C(=O)C(C)C(O)C(C)C(=O)C(C)C(O)C(C)/C=C\C(=O)OC2C(C)C(CC1)OC1(OC(CC(C)O)C(C)CC1=O)C2C. The van der Waals surface area contributed by atoms with E-state index in [9.17, 15) is 44.7 Å². The molecule has 2 fully saturated rings. The number of hydrogen-bond donors (Lipinski definition) is 5. The van der Waals surface area contributed by atoms with Crippen LogP contribution >= 0.6 is 0 Å². The summed E-state index contributed by atoms with van der Waals surface area (Å²) >= 11 is 0. The Hall–Kier alpha value is -2.58. The molecule has 324 valence electrons. The molecule has 12 heteroatoms. The van der Waals surface area contributed by atoms with E-state index in [2.05, 4.69) is 13.0 Å². The van der Waals surface area contributed by atoms with Crippen molar-refractivity contribution in [3.8, 4) is 0 Å². The molecule has 3 aliphatic rings. The fraction of sp³-hybridized carbons (Fsp3) is 0.778. The van der Waals surface area contributed by atoms with Gasteiger partial charge in [-0.15, -0.1) is 0 Å². The van der Waals surface area contributed by atoms with Gasteiger partial charge >= 0.3 is 5.97 Å². The van der Waals surface area contributed by atoms with Gasteiger partial charge in [0, 0.05) is 42.1 Å². The molecule has 2 bridgehead atoms. The molecule has 0 amide bonds. The van der Waals surface area contributed by atoms with Gasteiger partial charge in [-0.05, 0) is 63.7 Å². The van der Waals surface area contributed by atoms with E-state index in [0.717, 1.165) is 6.42 Å². The van der Waals surface area contributed by atoms with Crippen LogP contribution in [0.25, 0.3) is 0 Å². The van der Waals surface area contributed by atoms with Crippen LogP contribution in [0.5, 0.6) is 0 Å². The first-order valence-electron chi connectivity index (χ1n) is 21.1. The zero-order valence-electron chi connectivity index (χ0n) is 36.0. The first-order valence-corrected chi connectivity index (χ1v) is 21.1. The lowest BCUT2D eigenvalue weighted by molar-refractivity contribution is -0.344. The average Bonchev–Trinajstić information content (AvgIpc) is 3.16. The summed E-state index contributed by atoms with van der Waals surface area (Å²) in [6.45, 7) is 18.3. The van der Waals surface area contributed by atoms with Crippen LogP contribution in [0.3, 0.4) is 0 Å². The lowest BCUT2D eigenvalue weighted by atomic mass is 9.74. The number of ether oxygens (including phenoxy) is 3. The van der Waals surface area contributed by atoms with Crippen LogP contribution in [-0.4, -0.2) is 103 Å². The van der Waals surface area contributed by atoms with E-state index < -0.39 is 107 Å². The zero-order valence-corrected chi connectivity index (χ0v) is 36.0. The van der Waals surface area contributed by atoms with Crippen LogP contribution in [0.1, 0.15) is 115 Å². The molecule has 3 heterocycles. The first kappa shape index (κ1) is 48.8. The van der Waals surface area contributed by atoms with E-state index in [4.69, 9.17) is 14.2 Å². The Balaban J connectivity index is 2.02. The van der Waals surface area contributed by atoms with Crippen molar-refractivity contribution in [1.82, 2.24) is 0 Å². The van der Waals surface area contributed by atoms with E-state index in [1.165, 1.54) is 39.8 Å². The predicted octanol–water partition coefficient (Wildman–Crippen LogP) is 5.06. The molecule has 5 N–H and O–H groups in total. The summed E-state index contributed by atoms with van der Waals surface area (Å²) < 4.78 is 19.4. The Bertz CT molecular complexity index is 1470. The van der Waals surface area contributed by atoms with Gasteiger partial charge in [-0.2, -0.15) is 0 Å². The normalized spacial score (nSPS) is 46.2. The van der Waals surface area contributed by atoms with Crippen LogP contribution in [0, 0.1) is 53.3 Å². The van der Waals surface area contributed by atoms with Gasteiger partial charge in [0.2, 0.25) is 5.79 Å². The summed E-state index contributed by atoms with van der Waals surface area (Å²) in [6, 6.07) is 0. The maximum Gasteiger partial charge on any atom is 0.330 e. The molecular weight excluding hydrogens is 732 g/mol. The number of aliphatic hydroxyl groups excluding tert-OH is 4. The molecule has 0 aliphatic carbocycles. The molecule has 0 saturated carbocycles. The number of aliphatic hydroxyl groups is 5. The van der Waals surface area contributed by atoms with Crippen LogP contribution in [0.2, 0.25) is 0 Å². The topological polar surface area (TPSA) is 197 Å². The van der Waals surface area contributed by atoms with E-state index in [-0.39, 0.29) is 30.0 Å². The Labute approximate surface area is 340 Å². The largest absolute Gasteiger partial charge is 0.458 e. The minimum absolute atomic E-state index is 0.132. The van der Waals surface area contributed by atoms with Crippen molar-refractivity contribution in [3.63, 3.8) is 0 Å². The molecule has 0 radical (unpaired) electrons. The second-order valence-corrected chi connectivity index (χ2v) is 17.9. The summed E-state index contributed by atoms with van der Waals surface area (Å²) in [5, 5.41) is 55.0. The van der Waals surface area contributed by atoms with E-state index in [1.54, 1.807) is 27.7 Å². The Morgan fingerprint density at radius 2 is 1.47 bits per heavy atom. The van der Waals surface area contributed by atoms with E-state index in [0.29, 0.717) is 25.7 Å². The van der Waals surface area contributed by atoms with Gasteiger partial charge in [0.15, 0.2) is 11.6 Å². The highest BCUT2D eigenvalue weighted by atomic mass is 16.7. The van der Waals surface area contributed by atoms with Gasteiger partial charge < -0.3 is 39.7 Å². The third-order valence-electron chi connectivity index (χ3n) is 13.2. The molecule has 0 aromatic heterocycles. The summed E-state index contributed by atoms with van der Waals surface area (Å²) in [4.78, 5) is 54.5. The van der Waals surface area contributed by atoms with Crippen molar-refractivity contribution in [3.05, 3.63) is 36.5 Å². The standard InChI is InChI=1S/C45H72O12/c1-12-33-17-15-13-14-16-25(3)42(52)44(11,54)43(53)31(9)40(51)30(8)39(50)29(7)38(49)24(2)18-21-37(48)55-41-28(6)34(20-19-33)56-45(32(41)10)36(47)22-26(4)35(57-45)23-27(5)46/h13-15,17-18,21,24-35,38,40-42,46,49,51-52,54H,12,16,19-20,22-23H2,1-11H3/b14-13-,17-15-,21-18-. The fourth-order valence-electron chi connectivity index (χ4n) is 8.91. The maximum absolute atomic E-state index is 14.0. The van der Waals surface area contributed by atoms with Gasteiger partial charge in [-0.3, -0.25) is 14.4 Å². The van der Waals surface area contributed by atoms with E-state index in [1.807, 2.05) is 32.1 Å². The number of allylic oxidation sites excluding steroid dienone is 4. The van der Waals surface area contributed by atoms with Gasteiger partial charge in [0.1, 0.15) is 17.5 Å². The second kappa shape index (κ2) is 20.6. The molecule has 57 heavy (non-hydrogen) atoms. The lowest BCUT2D eigenvalue weighted by Crippen LogP contribution is -2.66. The summed E-state index contributed by atoms with van der Waals surface area (Å²) in [6.07, 6.45) is 6.53. The number of esters is 1. The Kier molecular flexibility index (Phi) is 17.6. The number of rotatable bonds is 3. The zero-order chi connectivity index (χ0) is 43.2. The Morgan fingerprint density at radius 1 is 0.842 bits per heavy atom. The van der Waals surface area contributed by atoms with Gasteiger partial charge in [0.25, 0.3) is 0 Å². The van der Waals surface area contributed by atoms with Crippen molar-refractivity contribution >= 4 is 23.3 Å². The highest BCUT2D eigenvalue weighted by Gasteiger charge is 2.61. The fourth-order valence-corrected chi connectivity index (χ4v) is 8.91. The van der Waals surface area contributed by atoms with Gasteiger partial charge in [-0.1, -0.05) is 92.7 Å². The Morgan fingerprint density at radius 3 is 2.09 bits per heavy atom. The van der Waals surface area contributed by atoms with Crippen LogP contribution in [0.4, 0.5) is 0 Å². The maximum atomic E-state index is 14.0. The summed E-state index contributed by atoms with van der Waals surface area (Å²) in [5.41, 5.74) is -2.21. The molecule has 18 atom stereocenters. The molecule has 18 unspecified atom stereocenters. The predicted molar refractivity (Wildman–Crippen MR) is 215 cm³/mol. The molecule has 12 nitrogen and oxygen atoms in total. The van der Waals surface area contributed by atoms with Gasteiger partial charge in [-0.25, -0.2) is 4.79 Å². The average molecular weight is 805 g/mol. The smallest absolute Gasteiger partial charge is 0.330 e. The molecule has 2 saturated heterocycles. The third kappa shape index (κ3) is 11.4. The minimum atomic E-state index is -2.21. The first-order chi connectivity index (χ1) is 26.5. The van der Waals surface area contributed by atoms with Crippen LogP contribution in [0.15, 0.2) is 36.5 Å². The summed E-state index contributed by atoms with van der Waals surface area (Å²) in [7, 11) is 0. The minimum Gasteiger partial charge on any atom is -0.458 e. The highest BCUT2D eigenvalue weighted by Crippen LogP contribution is 2.47. The van der Waals surface area contributed by atoms with Gasteiger partial charge in [0.05, 0.1) is 42.5 Å². The molecule has 3 aliphatic heterocycles. The van der Waals surface area contributed by atoms with Crippen molar-refractivity contribution in [1.29, 1.82) is 0 Å². The quantitative estimate of drug-likeness (QED) is 0.238. The van der Waals surface area contributed by atoms with Crippen LogP contribution in [-0.2, 0) is 33.4 Å². The molecular formula is C45H72O12. The van der Waals surface area contributed by atoms with Crippen molar-refractivity contribution < 1.29 is 58.9 Å². The van der Waals surface area contributed by atoms with Crippen molar-refractivity contribution in [2.45, 2.75) is 169 Å². The number of carbonyl (C=O) groups is 4. The number of ketones is 3. The van der Waals surface area contributed by atoms with Crippen LogP contribution < -0.4 is 0 Å². The monoisotopic (exact) mass is 805 g/mol. The van der Waals surface area contributed by atoms with Crippen molar-refractivity contribution in [2.24, 2.45) is 53.3 Å².